The van der Waals surface area contributed by atoms with Crippen LogP contribution >= 0.6 is 0 Å². The SMILES string of the molecule is Fc1ccccc1N1N=C(/C=C/c2ccccc2)CC1c1ccccc1. The molecule has 0 spiro atoms. The summed E-state index contributed by atoms with van der Waals surface area (Å²) in [5.41, 5.74) is 3.69. The molecule has 0 fully saturated rings. The molecule has 1 heterocycles. The van der Waals surface area contributed by atoms with Gasteiger partial charge in [0.05, 0.1) is 17.4 Å². The van der Waals surface area contributed by atoms with Crippen LogP contribution in [0.15, 0.2) is 96.1 Å². The normalized spacial score (nSPS) is 16.9. The van der Waals surface area contributed by atoms with Crippen LogP contribution in [0, 0.1) is 5.82 Å². The molecule has 0 N–H and O–H groups in total. The number of benzene rings is 3. The summed E-state index contributed by atoms with van der Waals surface area (Å²) in [6, 6.07) is 27.0. The Hall–Kier alpha value is -3.20. The van der Waals surface area contributed by atoms with Crippen LogP contribution in [0.4, 0.5) is 10.1 Å². The molecule has 2 nitrogen and oxygen atoms in total. The molecule has 1 atom stereocenters. The summed E-state index contributed by atoms with van der Waals surface area (Å²) >= 11 is 0. The minimum atomic E-state index is -0.259. The van der Waals surface area contributed by atoms with E-state index in [9.17, 15) is 4.39 Å². The summed E-state index contributed by atoms with van der Waals surface area (Å²) in [4.78, 5) is 0. The average molecular weight is 342 g/mol. The van der Waals surface area contributed by atoms with E-state index in [2.05, 4.69) is 24.3 Å². The van der Waals surface area contributed by atoms with Crippen LogP contribution in [0.3, 0.4) is 0 Å². The van der Waals surface area contributed by atoms with Crippen molar-refractivity contribution in [2.75, 3.05) is 5.01 Å². The summed E-state index contributed by atoms with van der Waals surface area (Å²) < 4.78 is 14.4. The number of rotatable bonds is 4. The second-order valence-electron chi connectivity index (χ2n) is 6.26. The van der Waals surface area contributed by atoms with Gasteiger partial charge in [0.1, 0.15) is 5.82 Å². The van der Waals surface area contributed by atoms with Crippen molar-refractivity contribution in [3.63, 3.8) is 0 Å². The molecule has 0 radical (unpaired) electrons. The molecule has 0 saturated carbocycles. The third kappa shape index (κ3) is 3.42. The lowest BCUT2D eigenvalue weighted by atomic mass is 10.0. The first kappa shape index (κ1) is 16.3. The predicted octanol–water partition coefficient (Wildman–Crippen LogP) is 5.85. The minimum Gasteiger partial charge on any atom is -0.254 e. The van der Waals surface area contributed by atoms with Crippen LogP contribution in [0.5, 0.6) is 0 Å². The molecule has 1 unspecified atom stereocenters. The lowest BCUT2D eigenvalue weighted by molar-refractivity contribution is 0.606. The van der Waals surface area contributed by atoms with Crippen LogP contribution in [0.2, 0.25) is 0 Å². The molecule has 26 heavy (non-hydrogen) atoms. The van der Waals surface area contributed by atoms with Crippen molar-refractivity contribution in [2.24, 2.45) is 5.10 Å². The maximum absolute atomic E-state index is 14.4. The number of halogens is 1. The van der Waals surface area contributed by atoms with Gasteiger partial charge in [0, 0.05) is 6.42 Å². The zero-order valence-electron chi connectivity index (χ0n) is 14.3. The highest BCUT2D eigenvalue weighted by Gasteiger charge is 2.29. The van der Waals surface area contributed by atoms with Gasteiger partial charge in [-0.15, -0.1) is 0 Å². The fourth-order valence-corrected chi connectivity index (χ4v) is 3.18. The molecule has 128 valence electrons. The number of hydrogen-bond donors (Lipinski definition) is 0. The van der Waals surface area contributed by atoms with E-state index >= 15 is 0 Å². The Morgan fingerprint density at radius 2 is 1.46 bits per heavy atom. The van der Waals surface area contributed by atoms with E-state index in [4.69, 9.17) is 5.10 Å². The van der Waals surface area contributed by atoms with Crippen molar-refractivity contribution in [2.45, 2.75) is 12.5 Å². The Kier molecular flexibility index (Phi) is 4.61. The van der Waals surface area contributed by atoms with Gasteiger partial charge in [-0.05, 0) is 29.3 Å². The summed E-state index contributed by atoms with van der Waals surface area (Å²) in [6.45, 7) is 0. The Labute approximate surface area is 152 Å². The third-order valence-corrected chi connectivity index (χ3v) is 4.49. The van der Waals surface area contributed by atoms with Gasteiger partial charge in [0.2, 0.25) is 0 Å². The van der Waals surface area contributed by atoms with Crippen LogP contribution in [0.1, 0.15) is 23.6 Å². The first-order valence-corrected chi connectivity index (χ1v) is 8.70. The van der Waals surface area contributed by atoms with Gasteiger partial charge >= 0.3 is 0 Å². The number of para-hydroxylation sites is 1. The number of hydrazone groups is 1. The summed E-state index contributed by atoms with van der Waals surface area (Å²) in [5.74, 6) is -0.259. The highest BCUT2D eigenvalue weighted by atomic mass is 19.1. The van der Waals surface area contributed by atoms with Gasteiger partial charge in [-0.25, -0.2) is 4.39 Å². The number of hydrogen-bond acceptors (Lipinski definition) is 2. The summed E-state index contributed by atoms with van der Waals surface area (Å²) in [5, 5.41) is 6.52. The second kappa shape index (κ2) is 7.36. The van der Waals surface area contributed by atoms with Crippen LogP contribution in [-0.2, 0) is 0 Å². The molecular weight excluding hydrogens is 323 g/mol. The van der Waals surface area contributed by atoms with Crippen molar-refractivity contribution in [3.05, 3.63) is 108 Å². The van der Waals surface area contributed by atoms with E-state index in [-0.39, 0.29) is 11.9 Å². The van der Waals surface area contributed by atoms with Gasteiger partial charge in [-0.1, -0.05) is 78.9 Å². The Morgan fingerprint density at radius 1 is 0.808 bits per heavy atom. The van der Waals surface area contributed by atoms with Crippen molar-refractivity contribution in [1.29, 1.82) is 0 Å². The molecular formula is C23H19FN2. The molecule has 0 amide bonds. The van der Waals surface area contributed by atoms with Crippen LogP contribution < -0.4 is 5.01 Å². The van der Waals surface area contributed by atoms with Crippen molar-refractivity contribution < 1.29 is 4.39 Å². The van der Waals surface area contributed by atoms with E-state index in [0.29, 0.717) is 5.69 Å². The van der Waals surface area contributed by atoms with Crippen LogP contribution in [0.25, 0.3) is 6.08 Å². The highest BCUT2D eigenvalue weighted by molar-refractivity contribution is 6.01. The smallest absolute Gasteiger partial charge is 0.148 e. The van der Waals surface area contributed by atoms with Crippen molar-refractivity contribution in [1.82, 2.24) is 0 Å². The molecule has 1 aliphatic rings. The summed E-state index contributed by atoms with van der Waals surface area (Å²) in [7, 11) is 0. The average Bonchev–Trinajstić information content (AvgIpc) is 3.12. The fraction of sp³-hybridized carbons (Fsp3) is 0.0870. The number of nitrogens with zero attached hydrogens (tertiary/aromatic N) is 2. The molecule has 4 rings (SSSR count). The van der Waals surface area contributed by atoms with Crippen molar-refractivity contribution >= 4 is 17.5 Å². The van der Waals surface area contributed by atoms with Crippen LogP contribution in [-0.4, -0.2) is 5.71 Å². The molecule has 3 heteroatoms. The van der Waals surface area contributed by atoms with E-state index in [1.54, 1.807) is 17.1 Å². The van der Waals surface area contributed by atoms with Gasteiger partial charge < -0.3 is 0 Å². The van der Waals surface area contributed by atoms with Crippen molar-refractivity contribution in [3.8, 4) is 0 Å². The predicted molar refractivity (Wildman–Crippen MR) is 106 cm³/mol. The zero-order valence-corrected chi connectivity index (χ0v) is 14.3. The Bertz CT molecular complexity index is 933. The topological polar surface area (TPSA) is 15.6 Å². The molecule has 1 aliphatic heterocycles. The van der Waals surface area contributed by atoms with E-state index in [1.165, 1.54) is 6.07 Å². The largest absolute Gasteiger partial charge is 0.254 e. The Balaban J connectivity index is 1.68. The van der Waals surface area contributed by atoms with Gasteiger partial charge in [-0.3, -0.25) is 5.01 Å². The van der Waals surface area contributed by atoms with E-state index in [1.807, 2.05) is 54.6 Å². The van der Waals surface area contributed by atoms with E-state index < -0.39 is 0 Å². The maximum Gasteiger partial charge on any atom is 0.148 e. The first-order valence-electron chi connectivity index (χ1n) is 8.70. The number of anilines is 1. The molecule has 0 aromatic heterocycles. The molecule has 0 saturated heterocycles. The fourth-order valence-electron chi connectivity index (χ4n) is 3.18. The monoisotopic (exact) mass is 342 g/mol. The van der Waals surface area contributed by atoms with E-state index in [0.717, 1.165) is 23.3 Å². The number of allylic oxidation sites excluding steroid dienone is 1. The highest BCUT2D eigenvalue weighted by Crippen LogP contribution is 2.36. The summed E-state index contributed by atoms with van der Waals surface area (Å²) in [6.07, 6.45) is 4.81. The molecule has 0 aliphatic carbocycles. The zero-order chi connectivity index (χ0) is 17.8. The Morgan fingerprint density at radius 3 is 2.19 bits per heavy atom. The minimum absolute atomic E-state index is 0.0106. The lowest BCUT2D eigenvalue weighted by Crippen LogP contribution is -2.19. The van der Waals surface area contributed by atoms with Gasteiger partial charge in [-0.2, -0.15) is 5.10 Å². The van der Waals surface area contributed by atoms with Gasteiger partial charge in [0.25, 0.3) is 0 Å². The quantitative estimate of drug-likeness (QED) is 0.581. The standard InChI is InChI=1S/C23H19FN2/c24-21-13-7-8-14-22(21)26-23(19-11-5-2-6-12-19)17-20(25-26)16-15-18-9-3-1-4-10-18/h1-16,23H,17H2/b16-15+. The second-order valence-corrected chi connectivity index (χ2v) is 6.26. The lowest BCUT2D eigenvalue weighted by Gasteiger charge is -2.24. The van der Waals surface area contributed by atoms with Gasteiger partial charge in [0.15, 0.2) is 0 Å². The molecule has 3 aromatic rings. The first-order chi connectivity index (χ1) is 12.8. The molecule has 3 aromatic carbocycles. The third-order valence-electron chi connectivity index (χ3n) is 4.49. The maximum atomic E-state index is 14.4. The molecule has 0 bridgehead atoms.